The summed E-state index contributed by atoms with van der Waals surface area (Å²) >= 11 is 0. The third-order valence-corrected chi connectivity index (χ3v) is 6.39. The summed E-state index contributed by atoms with van der Waals surface area (Å²) in [6.07, 6.45) is 14.6. The maximum atomic E-state index is 12.6. The minimum atomic E-state index is -3.19. The van der Waals surface area contributed by atoms with E-state index in [0.29, 0.717) is 13.2 Å². The summed E-state index contributed by atoms with van der Waals surface area (Å²) in [5, 5.41) is 0. The standard InChI is InChI=1S/C25H39O3P/c1-4-7-8-9-10-11-12-13-14-15-16-19-24-20-17-18-21-25(24)22-23-29(26,27-5-2)28-6-3/h17-18,20-23H,4-15H2,1-3H3/b23-22+. The molecule has 0 spiro atoms. The van der Waals surface area contributed by atoms with Crippen molar-refractivity contribution < 1.29 is 13.6 Å². The smallest absolute Gasteiger partial charge is 0.306 e. The van der Waals surface area contributed by atoms with Gasteiger partial charge in [-0.05, 0) is 38.0 Å². The molecule has 0 unspecified atom stereocenters. The molecule has 162 valence electrons. The zero-order chi connectivity index (χ0) is 21.2. The van der Waals surface area contributed by atoms with E-state index in [1.165, 1.54) is 51.4 Å². The third kappa shape index (κ3) is 12.1. The van der Waals surface area contributed by atoms with Gasteiger partial charge in [0.05, 0.1) is 13.2 Å². The van der Waals surface area contributed by atoms with Crippen LogP contribution >= 0.6 is 7.60 Å². The highest BCUT2D eigenvalue weighted by atomic mass is 31.2. The molecule has 0 bridgehead atoms. The van der Waals surface area contributed by atoms with Crippen LogP contribution in [0.15, 0.2) is 30.1 Å². The molecular formula is C25H39O3P. The lowest BCUT2D eigenvalue weighted by Gasteiger charge is -2.12. The molecule has 0 aliphatic heterocycles. The van der Waals surface area contributed by atoms with E-state index < -0.39 is 7.60 Å². The number of rotatable bonds is 15. The second-order valence-electron chi connectivity index (χ2n) is 7.16. The van der Waals surface area contributed by atoms with Crippen LogP contribution < -0.4 is 0 Å². The van der Waals surface area contributed by atoms with Crippen LogP contribution in [0.3, 0.4) is 0 Å². The van der Waals surface area contributed by atoms with Crippen molar-refractivity contribution in [1.82, 2.24) is 0 Å². The van der Waals surface area contributed by atoms with E-state index in [1.807, 2.05) is 38.1 Å². The molecule has 1 rings (SSSR count). The van der Waals surface area contributed by atoms with Gasteiger partial charge in [-0.3, -0.25) is 4.57 Å². The molecule has 0 aromatic heterocycles. The van der Waals surface area contributed by atoms with Crippen molar-refractivity contribution in [2.45, 2.75) is 85.0 Å². The fourth-order valence-corrected chi connectivity index (χ4v) is 4.40. The quantitative estimate of drug-likeness (QED) is 0.164. The lowest BCUT2D eigenvalue weighted by atomic mass is 10.1. The second-order valence-corrected chi connectivity index (χ2v) is 9.05. The molecule has 0 N–H and O–H groups in total. The molecule has 1 aromatic rings. The van der Waals surface area contributed by atoms with Crippen molar-refractivity contribution in [3.05, 3.63) is 41.2 Å². The molecule has 0 saturated carbocycles. The van der Waals surface area contributed by atoms with Crippen LogP contribution in [0, 0.1) is 11.8 Å². The minimum absolute atomic E-state index is 0.349. The average Bonchev–Trinajstić information content (AvgIpc) is 2.71. The van der Waals surface area contributed by atoms with Crippen LogP contribution in [0.5, 0.6) is 0 Å². The Kier molecular flexibility index (Phi) is 14.6. The van der Waals surface area contributed by atoms with Crippen molar-refractivity contribution in [3.63, 3.8) is 0 Å². The summed E-state index contributed by atoms with van der Waals surface area (Å²) in [5.74, 6) is 8.10. The Bertz CT molecular complexity index is 675. The van der Waals surface area contributed by atoms with Gasteiger partial charge in [0.25, 0.3) is 0 Å². The van der Waals surface area contributed by atoms with Gasteiger partial charge < -0.3 is 9.05 Å². The first-order valence-electron chi connectivity index (χ1n) is 11.3. The second kappa shape index (κ2) is 16.5. The number of hydrogen-bond donors (Lipinski definition) is 0. The molecule has 0 radical (unpaired) electrons. The number of hydrogen-bond acceptors (Lipinski definition) is 3. The first-order valence-corrected chi connectivity index (χ1v) is 12.9. The summed E-state index contributed by atoms with van der Waals surface area (Å²) in [6, 6.07) is 7.90. The lowest BCUT2D eigenvalue weighted by Crippen LogP contribution is -1.92. The highest BCUT2D eigenvalue weighted by molar-refractivity contribution is 7.57. The van der Waals surface area contributed by atoms with E-state index in [-0.39, 0.29) is 0 Å². The normalized spacial score (nSPS) is 11.6. The minimum Gasteiger partial charge on any atom is -0.306 e. The van der Waals surface area contributed by atoms with Gasteiger partial charge in [-0.2, -0.15) is 0 Å². The van der Waals surface area contributed by atoms with Crippen LogP contribution in [0.2, 0.25) is 0 Å². The lowest BCUT2D eigenvalue weighted by molar-refractivity contribution is 0.229. The fourth-order valence-electron chi connectivity index (χ4n) is 3.09. The van der Waals surface area contributed by atoms with Crippen molar-refractivity contribution in [2.24, 2.45) is 0 Å². The molecule has 1 aromatic carbocycles. The van der Waals surface area contributed by atoms with Gasteiger partial charge in [-0.15, -0.1) is 0 Å². The Morgan fingerprint density at radius 1 is 0.862 bits per heavy atom. The van der Waals surface area contributed by atoms with Gasteiger partial charge >= 0.3 is 7.60 Å². The van der Waals surface area contributed by atoms with Gasteiger partial charge in [0.15, 0.2) is 0 Å². The zero-order valence-electron chi connectivity index (χ0n) is 18.6. The maximum Gasteiger partial charge on any atom is 0.354 e. The Balaban J connectivity index is 2.47. The highest BCUT2D eigenvalue weighted by Crippen LogP contribution is 2.50. The van der Waals surface area contributed by atoms with Gasteiger partial charge in [-0.1, -0.05) is 88.3 Å². The van der Waals surface area contributed by atoms with Crippen molar-refractivity contribution >= 4 is 13.7 Å². The predicted molar refractivity (Wildman–Crippen MR) is 125 cm³/mol. The van der Waals surface area contributed by atoms with Crippen molar-refractivity contribution in [3.8, 4) is 11.8 Å². The summed E-state index contributed by atoms with van der Waals surface area (Å²) < 4.78 is 23.2. The predicted octanol–water partition coefficient (Wildman–Crippen LogP) is 8.20. The van der Waals surface area contributed by atoms with E-state index >= 15 is 0 Å². The average molecular weight is 419 g/mol. The molecule has 0 saturated heterocycles. The van der Waals surface area contributed by atoms with Gasteiger partial charge in [0.2, 0.25) is 0 Å². The Labute approximate surface area is 178 Å². The Morgan fingerprint density at radius 2 is 1.45 bits per heavy atom. The summed E-state index contributed by atoms with van der Waals surface area (Å²) in [7, 11) is -3.19. The number of benzene rings is 1. The fraction of sp³-hybridized carbons (Fsp3) is 0.600. The SMILES string of the molecule is CCCCCCCCCCCC#Cc1ccccc1/C=C/P(=O)(OCC)OCC. The molecular weight excluding hydrogens is 379 g/mol. The van der Waals surface area contributed by atoms with Gasteiger partial charge in [-0.25, -0.2) is 0 Å². The third-order valence-electron chi connectivity index (χ3n) is 4.64. The van der Waals surface area contributed by atoms with E-state index in [2.05, 4.69) is 18.8 Å². The van der Waals surface area contributed by atoms with Gasteiger partial charge in [0.1, 0.15) is 0 Å². The first kappa shape index (κ1) is 25.7. The van der Waals surface area contributed by atoms with E-state index in [0.717, 1.165) is 24.0 Å². The highest BCUT2D eigenvalue weighted by Gasteiger charge is 2.18. The maximum absolute atomic E-state index is 12.6. The van der Waals surface area contributed by atoms with Crippen LogP contribution in [-0.4, -0.2) is 13.2 Å². The molecule has 0 fully saturated rings. The van der Waals surface area contributed by atoms with Gasteiger partial charge in [0, 0.05) is 17.8 Å². The summed E-state index contributed by atoms with van der Waals surface area (Å²) in [4.78, 5) is 0. The van der Waals surface area contributed by atoms with Crippen LogP contribution in [-0.2, 0) is 13.6 Å². The summed E-state index contributed by atoms with van der Waals surface area (Å²) in [5.41, 5.74) is 1.88. The van der Waals surface area contributed by atoms with Crippen LogP contribution in [0.4, 0.5) is 0 Å². The molecule has 0 amide bonds. The molecule has 0 aliphatic carbocycles. The molecule has 0 heterocycles. The van der Waals surface area contributed by atoms with Crippen molar-refractivity contribution in [2.75, 3.05) is 13.2 Å². The topological polar surface area (TPSA) is 35.5 Å². The Hall–Kier alpha value is -1.33. The van der Waals surface area contributed by atoms with Crippen LogP contribution in [0.25, 0.3) is 6.08 Å². The zero-order valence-corrected chi connectivity index (χ0v) is 19.5. The molecule has 0 aliphatic rings. The Morgan fingerprint density at radius 3 is 2.07 bits per heavy atom. The van der Waals surface area contributed by atoms with E-state index in [4.69, 9.17) is 9.05 Å². The summed E-state index contributed by atoms with van der Waals surface area (Å²) in [6.45, 7) is 6.58. The van der Waals surface area contributed by atoms with E-state index in [1.54, 1.807) is 11.9 Å². The van der Waals surface area contributed by atoms with Crippen LogP contribution in [0.1, 0.15) is 96.1 Å². The monoisotopic (exact) mass is 418 g/mol. The first-order chi connectivity index (χ1) is 14.1. The largest absolute Gasteiger partial charge is 0.354 e. The molecule has 3 nitrogen and oxygen atoms in total. The molecule has 0 atom stereocenters. The van der Waals surface area contributed by atoms with E-state index in [9.17, 15) is 4.57 Å². The molecule has 29 heavy (non-hydrogen) atoms. The van der Waals surface area contributed by atoms with Crippen molar-refractivity contribution in [1.29, 1.82) is 0 Å². The number of unbranched alkanes of at least 4 members (excludes halogenated alkanes) is 9. The molecule has 4 heteroatoms.